The number of hydrazine groups is 1. The average molecular weight is 814 g/mol. The van der Waals surface area contributed by atoms with Gasteiger partial charge in [-0.3, -0.25) is 28.8 Å². The molecule has 1 heterocycles. The van der Waals surface area contributed by atoms with E-state index in [1.807, 2.05) is 5.43 Å². The summed E-state index contributed by atoms with van der Waals surface area (Å²) in [4.78, 5) is 79.7. The van der Waals surface area contributed by atoms with E-state index < -0.39 is 61.1 Å². The number of hydrogen-bond acceptors (Lipinski definition) is 15. The molecule has 0 radical (unpaired) electrons. The molecule has 1 aliphatic heterocycles. The molecule has 0 aliphatic carbocycles. The molecular weight excluding hydrogens is 754 g/mol. The van der Waals surface area contributed by atoms with Gasteiger partial charge in [-0.25, -0.2) is 5.84 Å². The van der Waals surface area contributed by atoms with Crippen LogP contribution in [0.15, 0.2) is 41.5 Å². The van der Waals surface area contributed by atoms with Crippen molar-refractivity contribution < 1.29 is 38.2 Å². The Hall–Kier alpha value is -5.87. The van der Waals surface area contributed by atoms with Gasteiger partial charge >= 0.3 is 0 Å². The highest BCUT2D eigenvalue weighted by molar-refractivity contribution is 6.39. The van der Waals surface area contributed by atoms with Crippen molar-refractivity contribution in [1.82, 2.24) is 36.9 Å². The zero-order chi connectivity index (χ0) is 43.0. The van der Waals surface area contributed by atoms with Gasteiger partial charge in [0.2, 0.25) is 41.2 Å². The predicted molar refractivity (Wildman–Crippen MR) is 218 cm³/mol. The van der Waals surface area contributed by atoms with E-state index in [0.29, 0.717) is 40.3 Å². The van der Waals surface area contributed by atoms with Gasteiger partial charge in [0, 0.05) is 50.7 Å². The van der Waals surface area contributed by atoms with Gasteiger partial charge in [0.05, 0.1) is 19.6 Å². The molecule has 21 nitrogen and oxygen atoms in total. The summed E-state index contributed by atoms with van der Waals surface area (Å²) in [5.74, 6) is 6.88. The van der Waals surface area contributed by atoms with Crippen LogP contribution in [0.4, 0.5) is 0 Å². The van der Waals surface area contributed by atoms with Crippen molar-refractivity contribution in [3.05, 3.63) is 47.5 Å². The van der Waals surface area contributed by atoms with Crippen LogP contribution in [0, 0.1) is 0 Å². The SMILES string of the molecule is CCCCN.CNCCC(=O)NCC(=O)N(C)C1C(=O)NCC(=O)NC(C(=O)NCC(=O)/C(=N/N)NN)Cc2ccc(OCCN)c(c2)-c2cc1ccc2OCCN. The number of ketones is 1. The highest BCUT2D eigenvalue weighted by Crippen LogP contribution is 2.40. The second-order valence-corrected chi connectivity index (χ2v) is 12.8. The van der Waals surface area contributed by atoms with E-state index in [9.17, 15) is 28.8 Å². The van der Waals surface area contributed by atoms with Gasteiger partial charge in [-0.1, -0.05) is 25.5 Å². The van der Waals surface area contributed by atoms with E-state index in [2.05, 4.69) is 38.6 Å². The molecule has 21 heteroatoms. The third kappa shape index (κ3) is 15.2. The number of likely N-dealkylation sites (N-methyl/N-ethyl adjacent to an activating group) is 1. The number of benzene rings is 2. The summed E-state index contributed by atoms with van der Waals surface area (Å²) in [6.07, 6.45) is 2.46. The number of ether oxygens (including phenoxy) is 2. The van der Waals surface area contributed by atoms with Crippen molar-refractivity contribution in [2.45, 2.75) is 44.7 Å². The molecule has 0 fully saturated rings. The maximum absolute atomic E-state index is 13.9. The average Bonchev–Trinajstić information content (AvgIpc) is 3.22. The Balaban J connectivity index is 0.00000218. The zero-order valence-electron chi connectivity index (χ0n) is 33.4. The van der Waals surface area contributed by atoms with Gasteiger partial charge in [0.1, 0.15) is 36.8 Å². The highest BCUT2D eigenvalue weighted by Gasteiger charge is 2.32. The molecule has 58 heavy (non-hydrogen) atoms. The Labute approximate surface area is 337 Å². The van der Waals surface area contributed by atoms with Gasteiger partial charge < -0.3 is 69.4 Å². The van der Waals surface area contributed by atoms with Crippen LogP contribution in [-0.4, -0.2) is 125 Å². The molecule has 16 N–H and O–H groups in total. The van der Waals surface area contributed by atoms with E-state index in [0.717, 1.165) is 11.4 Å². The van der Waals surface area contributed by atoms with Crippen LogP contribution < -0.4 is 70.4 Å². The molecule has 2 aromatic rings. The van der Waals surface area contributed by atoms with Gasteiger partial charge in [0.15, 0.2) is 0 Å². The molecule has 0 saturated carbocycles. The first-order chi connectivity index (χ1) is 27.9. The van der Waals surface area contributed by atoms with Crippen LogP contribution in [0.1, 0.15) is 43.4 Å². The maximum atomic E-state index is 13.9. The number of amides is 5. The van der Waals surface area contributed by atoms with Crippen molar-refractivity contribution in [2.75, 3.05) is 73.1 Å². The molecule has 4 bridgehead atoms. The fourth-order valence-corrected chi connectivity index (χ4v) is 5.48. The van der Waals surface area contributed by atoms with Crippen LogP contribution in [0.2, 0.25) is 0 Å². The number of carbonyl (C=O) groups excluding carboxylic acids is 6. The lowest BCUT2D eigenvalue weighted by atomic mass is 9.93. The molecule has 320 valence electrons. The van der Waals surface area contributed by atoms with Crippen molar-refractivity contribution in [1.29, 1.82) is 0 Å². The van der Waals surface area contributed by atoms with E-state index in [1.54, 1.807) is 43.4 Å². The van der Waals surface area contributed by atoms with Crippen molar-refractivity contribution >= 4 is 41.2 Å². The molecular formula is C37H59N13O8. The van der Waals surface area contributed by atoms with Crippen LogP contribution in [-0.2, 0) is 35.2 Å². The number of nitrogens with two attached hydrogens (primary N) is 5. The van der Waals surface area contributed by atoms with Gasteiger partial charge in [-0.2, -0.15) is 5.10 Å². The summed E-state index contributed by atoms with van der Waals surface area (Å²) in [6.45, 7) is 2.53. The monoisotopic (exact) mass is 813 g/mol. The van der Waals surface area contributed by atoms with Crippen LogP contribution in [0.3, 0.4) is 0 Å². The summed E-state index contributed by atoms with van der Waals surface area (Å²) < 4.78 is 12.0. The number of Topliss-reactive ketones (excluding diaryl/α,β-unsaturated/α-hetero) is 1. The predicted octanol–water partition coefficient (Wildman–Crippen LogP) is -3.42. The highest BCUT2D eigenvalue weighted by atomic mass is 16.5. The lowest BCUT2D eigenvalue weighted by Gasteiger charge is -2.29. The minimum Gasteiger partial charge on any atom is -0.492 e. The minimum absolute atomic E-state index is 0.0601. The number of amidine groups is 1. The fourth-order valence-electron chi connectivity index (χ4n) is 5.48. The van der Waals surface area contributed by atoms with Crippen LogP contribution in [0.25, 0.3) is 11.1 Å². The quantitative estimate of drug-likeness (QED) is 0.0302. The third-order valence-electron chi connectivity index (χ3n) is 8.50. The number of hydrazone groups is 1. The summed E-state index contributed by atoms with van der Waals surface area (Å²) in [5, 5.41) is 16.2. The van der Waals surface area contributed by atoms with Gasteiger partial charge in [-0.15, -0.1) is 0 Å². The molecule has 0 saturated heterocycles. The van der Waals surface area contributed by atoms with E-state index in [1.165, 1.54) is 19.9 Å². The molecule has 1 aliphatic rings. The first-order valence-electron chi connectivity index (χ1n) is 18.8. The maximum Gasteiger partial charge on any atom is 0.247 e. The smallest absolute Gasteiger partial charge is 0.247 e. The van der Waals surface area contributed by atoms with E-state index >= 15 is 0 Å². The number of hydrogen-bond donors (Lipinski definition) is 11. The molecule has 2 atom stereocenters. The normalized spacial score (nSPS) is 15.3. The lowest BCUT2D eigenvalue weighted by molar-refractivity contribution is -0.140. The summed E-state index contributed by atoms with van der Waals surface area (Å²) in [7, 11) is 3.09. The number of rotatable bonds is 18. The Kier molecular flexibility index (Phi) is 21.7. The number of carbonyl (C=O) groups is 6. The van der Waals surface area contributed by atoms with Crippen molar-refractivity contribution in [2.24, 2.45) is 34.0 Å². The second-order valence-electron chi connectivity index (χ2n) is 12.8. The molecule has 0 spiro atoms. The van der Waals surface area contributed by atoms with Crippen LogP contribution in [0.5, 0.6) is 11.5 Å². The summed E-state index contributed by atoms with van der Waals surface area (Å²) in [6, 6.07) is 7.43. The molecule has 5 amide bonds. The van der Waals surface area contributed by atoms with Gasteiger partial charge in [-0.05, 0) is 55.4 Å². The number of nitrogens with one attached hydrogen (secondary N) is 6. The molecule has 3 rings (SSSR count). The number of unbranched alkanes of at least 4 members (excludes halogenated alkanes) is 1. The number of fused-ring (bicyclic) bond motifs is 5. The zero-order valence-corrected chi connectivity index (χ0v) is 33.4. The van der Waals surface area contributed by atoms with Gasteiger partial charge in [0.25, 0.3) is 0 Å². The Morgan fingerprint density at radius 1 is 0.931 bits per heavy atom. The standard InChI is InChI=1S/C33H48N12O8.C4H11N/c1-38-10-7-27(47)39-18-29(49)45(2)30-20-4-6-26(53-12-9-35)22(15-20)21-13-19(3-5-25(21)52-11-8-34)14-23(42-28(48)17-41-33(30)51)32(50)40-16-24(46)31(43-36)44-37;1-2-3-4-5/h3-6,13,15,23,30,38H,7-12,14,16-18,34-37H2,1-2H3,(H,39,47)(H,40,50)(H,41,51)(H,42,48)(H,43,44);2-5H2,1H3. The fraction of sp³-hybridized carbons (Fsp3) is 0.486. The first-order valence-corrected chi connectivity index (χ1v) is 18.8. The summed E-state index contributed by atoms with van der Waals surface area (Å²) >= 11 is 0. The van der Waals surface area contributed by atoms with Crippen molar-refractivity contribution in [3.63, 3.8) is 0 Å². The summed E-state index contributed by atoms with van der Waals surface area (Å²) in [5.41, 5.74) is 20.5. The third-order valence-corrected chi connectivity index (χ3v) is 8.50. The largest absolute Gasteiger partial charge is 0.492 e. The first kappa shape index (κ1) is 48.3. The van der Waals surface area contributed by atoms with E-state index in [-0.39, 0.29) is 50.9 Å². The molecule has 2 unspecified atom stereocenters. The Bertz CT molecular complexity index is 1720. The minimum atomic E-state index is -1.30. The van der Waals surface area contributed by atoms with E-state index in [4.69, 9.17) is 38.4 Å². The topological polar surface area (TPSA) is 339 Å². The van der Waals surface area contributed by atoms with Crippen LogP contribution >= 0.6 is 0 Å². The Morgan fingerprint density at radius 3 is 2.16 bits per heavy atom. The lowest BCUT2D eigenvalue weighted by Crippen LogP contribution is -2.53. The Morgan fingerprint density at radius 2 is 1.59 bits per heavy atom. The second kappa shape index (κ2) is 26.1. The molecule has 2 aromatic carbocycles. The number of nitrogens with zero attached hydrogens (tertiary/aromatic N) is 2. The van der Waals surface area contributed by atoms with Crippen molar-refractivity contribution in [3.8, 4) is 22.6 Å². The molecule has 0 aromatic heterocycles.